The van der Waals surface area contributed by atoms with Crippen LogP contribution in [0.5, 0.6) is 0 Å². The number of nitrogens with one attached hydrogen (secondary N) is 1. The van der Waals surface area contributed by atoms with Crippen LogP contribution in [0.3, 0.4) is 0 Å². The van der Waals surface area contributed by atoms with Gasteiger partial charge in [-0.05, 0) is 24.5 Å². The Morgan fingerprint density at radius 3 is 2.80 bits per heavy atom. The van der Waals surface area contributed by atoms with Crippen molar-refractivity contribution < 1.29 is 5.11 Å². The predicted octanol–water partition coefficient (Wildman–Crippen LogP) is 1.10. The molecule has 2 unspecified atom stereocenters. The first-order valence-electron chi connectivity index (χ1n) is 5.44. The minimum Gasteiger partial charge on any atom is -0.392 e. The second-order valence-electron chi connectivity index (χ2n) is 4.28. The van der Waals surface area contributed by atoms with Crippen LogP contribution in [0.1, 0.15) is 36.6 Å². The molecule has 4 N–H and O–H groups in total. The Bertz CT molecular complexity index is 338. The van der Waals surface area contributed by atoms with E-state index in [2.05, 4.69) is 17.4 Å². The molecule has 0 radical (unpaired) electrons. The monoisotopic (exact) mass is 206 g/mol. The molecule has 0 fully saturated rings. The van der Waals surface area contributed by atoms with E-state index in [4.69, 9.17) is 5.73 Å². The number of aliphatic hydroxyl groups excluding tert-OH is 1. The van der Waals surface area contributed by atoms with Gasteiger partial charge in [-0.1, -0.05) is 24.3 Å². The summed E-state index contributed by atoms with van der Waals surface area (Å²) in [6.45, 7) is 2.40. The molecule has 3 heteroatoms. The third-order valence-electron chi connectivity index (χ3n) is 2.92. The Labute approximate surface area is 90.3 Å². The molecule has 0 saturated carbocycles. The summed E-state index contributed by atoms with van der Waals surface area (Å²) in [6, 6.07) is 8.69. The first-order valence-corrected chi connectivity index (χ1v) is 5.44. The molecule has 3 nitrogen and oxygen atoms in total. The van der Waals surface area contributed by atoms with E-state index in [0.717, 1.165) is 6.42 Å². The molecule has 0 heterocycles. The zero-order valence-electron chi connectivity index (χ0n) is 8.98. The van der Waals surface area contributed by atoms with Crippen molar-refractivity contribution in [1.82, 2.24) is 5.32 Å². The van der Waals surface area contributed by atoms with Crippen LogP contribution in [-0.4, -0.2) is 17.8 Å². The topological polar surface area (TPSA) is 58.3 Å². The first kappa shape index (κ1) is 10.6. The van der Waals surface area contributed by atoms with Gasteiger partial charge in [0.2, 0.25) is 0 Å². The second-order valence-corrected chi connectivity index (χ2v) is 4.28. The third kappa shape index (κ3) is 2.20. The highest BCUT2D eigenvalue weighted by atomic mass is 16.3. The van der Waals surface area contributed by atoms with Crippen molar-refractivity contribution >= 4 is 0 Å². The molecule has 1 aromatic rings. The highest BCUT2D eigenvalue weighted by molar-refractivity contribution is 5.37. The average Bonchev–Trinajstić information content (AvgIpc) is 2.54. The number of rotatable bonds is 3. The number of hydrogen-bond acceptors (Lipinski definition) is 3. The molecule has 0 amide bonds. The Morgan fingerprint density at radius 1 is 1.47 bits per heavy atom. The lowest BCUT2D eigenvalue weighted by Crippen LogP contribution is -2.27. The van der Waals surface area contributed by atoms with Gasteiger partial charge < -0.3 is 16.2 Å². The average molecular weight is 206 g/mol. The summed E-state index contributed by atoms with van der Waals surface area (Å²) in [5.41, 5.74) is 8.56. The van der Waals surface area contributed by atoms with Gasteiger partial charge in [-0.25, -0.2) is 0 Å². The SMILES string of the molecule is C[C@H](O)CNC1CC(N)c2ccccc21. The molecule has 2 rings (SSSR count). The van der Waals surface area contributed by atoms with Gasteiger partial charge in [-0.15, -0.1) is 0 Å². The smallest absolute Gasteiger partial charge is 0.0636 e. The molecule has 82 valence electrons. The highest BCUT2D eigenvalue weighted by Gasteiger charge is 2.27. The zero-order valence-corrected chi connectivity index (χ0v) is 8.98. The van der Waals surface area contributed by atoms with Crippen molar-refractivity contribution in [3.63, 3.8) is 0 Å². The number of aliphatic hydroxyl groups is 1. The number of benzene rings is 1. The van der Waals surface area contributed by atoms with Gasteiger partial charge >= 0.3 is 0 Å². The lowest BCUT2D eigenvalue weighted by atomic mass is 10.1. The molecule has 0 aromatic heterocycles. The Kier molecular flexibility index (Phi) is 3.05. The van der Waals surface area contributed by atoms with Gasteiger partial charge in [-0.2, -0.15) is 0 Å². The summed E-state index contributed by atoms with van der Waals surface area (Å²) >= 11 is 0. The minimum atomic E-state index is -0.311. The van der Waals surface area contributed by atoms with Crippen molar-refractivity contribution in [2.45, 2.75) is 31.5 Å². The lowest BCUT2D eigenvalue weighted by Gasteiger charge is -2.15. The van der Waals surface area contributed by atoms with E-state index in [9.17, 15) is 5.11 Å². The van der Waals surface area contributed by atoms with Crippen molar-refractivity contribution in [1.29, 1.82) is 0 Å². The van der Waals surface area contributed by atoms with E-state index < -0.39 is 0 Å². The summed E-state index contributed by atoms with van der Waals surface area (Å²) < 4.78 is 0. The van der Waals surface area contributed by atoms with Crippen molar-refractivity contribution in [3.05, 3.63) is 35.4 Å². The zero-order chi connectivity index (χ0) is 10.8. The van der Waals surface area contributed by atoms with E-state index in [0.29, 0.717) is 12.6 Å². The van der Waals surface area contributed by atoms with E-state index in [1.54, 1.807) is 6.92 Å². The molecule has 0 aliphatic heterocycles. The van der Waals surface area contributed by atoms with Crippen molar-refractivity contribution in [3.8, 4) is 0 Å². The molecular weight excluding hydrogens is 188 g/mol. The maximum absolute atomic E-state index is 9.23. The minimum absolute atomic E-state index is 0.132. The van der Waals surface area contributed by atoms with Crippen LogP contribution in [0.2, 0.25) is 0 Å². The molecule has 0 saturated heterocycles. The quantitative estimate of drug-likeness (QED) is 0.694. The summed E-state index contributed by atoms with van der Waals surface area (Å²) in [5.74, 6) is 0. The fourth-order valence-corrected chi connectivity index (χ4v) is 2.18. The summed E-state index contributed by atoms with van der Waals surface area (Å²) in [5, 5.41) is 12.6. The van der Waals surface area contributed by atoms with Gasteiger partial charge in [0.1, 0.15) is 0 Å². The van der Waals surface area contributed by atoms with Crippen molar-refractivity contribution in [2.75, 3.05) is 6.54 Å². The maximum atomic E-state index is 9.23. The van der Waals surface area contributed by atoms with Gasteiger partial charge in [0.05, 0.1) is 6.10 Å². The molecule has 1 aromatic carbocycles. The van der Waals surface area contributed by atoms with Crippen LogP contribution in [0.15, 0.2) is 24.3 Å². The lowest BCUT2D eigenvalue weighted by molar-refractivity contribution is 0.185. The van der Waals surface area contributed by atoms with Crippen LogP contribution >= 0.6 is 0 Å². The fraction of sp³-hybridized carbons (Fsp3) is 0.500. The largest absolute Gasteiger partial charge is 0.392 e. The molecule has 0 spiro atoms. The second kappa shape index (κ2) is 4.31. The summed E-state index contributed by atoms with van der Waals surface area (Å²) in [4.78, 5) is 0. The van der Waals surface area contributed by atoms with Crippen molar-refractivity contribution in [2.24, 2.45) is 5.73 Å². The maximum Gasteiger partial charge on any atom is 0.0636 e. The normalized spacial score (nSPS) is 26.3. The standard InChI is InChI=1S/C12H18N2O/c1-8(15)7-14-12-6-11(13)9-4-2-3-5-10(9)12/h2-5,8,11-12,14-15H,6-7,13H2,1H3/t8-,11?,12?/m0/s1. The predicted molar refractivity (Wildman–Crippen MR) is 60.4 cm³/mol. The Morgan fingerprint density at radius 2 is 2.13 bits per heavy atom. The van der Waals surface area contributed by atoms with Crippen LogP contribution < -0.4 is 11.1 Å². The first-order chi connectivity index (χ1) is 7.18. The Balaban J connectivity index is 2.11. The summed E-state index contributed by atoms with van der Waals surface area (Å²) in [7, 11) is 0. The highest BCUT2D eigenvalue weighted by Crippen LogP contribution is 2.36. The van der Waals surface area contributed by atoms with Gasteiger partial charge in [0.15, 0.2) is 0 Å². The molecule has 1 aliphatic carbocycles. The van der Waals surface area contributed by atoms with E-state index in [-0.39, 0.29) is 12.1 Å². The fourth-order valence-electron chi connectivity index (χ4n) is 2.18. The number of fused-ring (bicyclic) bond motifs is 1. The molecule has 0 bridgehead atoms. The van der Waals surface area contributed by atoms with Crippen LogP contribution in [-0.2, 0) is 0 Å². The van der Waals surface area contributed by atoms with E-state index >= 15 is 0 Å². The third-order valence-corrected chi connectivity index (χ3v) is 2.92. The van der Waals surface area contributed by atoms with Gasteiger partial charge in [0, 0.05) is 18.6 Å². The van der Waals surface area contributed by atoms with Crippen LogP contribution in [0.4, 0.5) is 0 Å². The molecular formula is C12H18N2O. The molecule has 1 aliphatic rings. The van der Waals surface area contributed by atoms with Crippen LogP contribution in [0.25, 0.3) is 0 Å². The number of nitrogens with two attached hydrogens (primary N) is 1. The van der Waals surface area contributed by atoms with E-state index in [1.165, 1.54) is 11.1 Å². The molecule has 3 atom stereocenters. The van der Waals surface area contributed by atoms with E-state index in [1.807, 2.05) is 12.1 Å². The molecule has 15 heavy (non-hydrogen) atoms. The van der Waals surface area contributed by atoms with Gasteiger partial charge in [0.25, 0.3) is 0 Å². The van der Waals surface area contributed by atoms with Gasteiger partial charge in [-0.3, -0.25) is 0 Å². The number of hydrogen-bond donors (Lipinski definition) is 3. The summed E-state index contributed by atoms with van der Waals surface area (Å²) in [6.07, 6.45) is 0.612. The van der Waals surface area contributed by atoms with Crippen LogP contribution in [0, 0.1) is 0 Å². The Hall–Kier alpha value is -0.900.